The second-order valence-corrected chi connectivity index (χ2v) is 4.72. The van der Waals surface area contributed by atoms with Crippen molar-refractivity contribution < 1.29 is 20.1 Å². The SMILES string of the molecule is CCCCCCCCC(CCOC)C(O)(O)O. The molecule has 0 aliphatic heterocycles. The van der Waals surface area contributed by atoms with Gasteiger partial charge in [0.15, 0.2) is 0 Å². The van der Waals surface area contributed by atoms with Crippen LogP contribution in [-0.4, -0.2) is 35.0 Å². The van der Waals surface area contributed by atoms with Crippen LogP contribution < -0.4 is 0 Å². The van der Waals surface area contributed by atoms with Crippen molar-refractivity contribution >= 4 is 0 Å². The van der Waals surface area contributed by atoms with Gasteiger partial charge in [-0.25, -0.2) is 0 Å². The van der Waals surface area contributed by atoms with Gasteiger partial charge in [-0.15, -0.1) is 0 Å². The van der Waals surface area contributed by atoms with Gasteiger partial charge in [-0.2, -0.15) is 0 Å². The predicted octanol–water partition coefficient (Wildman–Crippen LogP) is 2.02. The highest BCUT2D eigenvalue weighted by Crippen LogP contribution is 2.23. The van der Waals surface area contributed by atoms with Crippen molar-refractivity contribution in [1.29, 1.82) is 0 Å². The highest BCUT2D eigenvalue weighted by molar-refractivity contribution is 4.66. The summed E-state index contributed by atoms with van der Waals surface area (Å²) >= 11 is 0. The van der Waals surface area contributed by atoms with Crippen LogP contribution >= 0.6 is 0 Å². The van der Waals surface area contributed by atoms with Gasteiger partial charge in [0, 0.05) is 19.6 Å². The topological polar surface area (TPSA) is 69.9 Å². The Bertz CT molecular complexity index is 165. The van der Waals surface area contributed by atoms with Crippen molar-refractivity contribution in [3.8, 4) is 0 Å². The molecule has 104 valence electrons. The Hall–Kier alpha value is -0.160. The molecule has 0 aromatic carbocycles. The van der Waals surface area contributed by atoms with Crippen LogP contribution in [0.3, 0.4) is 0 Å². The van der Waals surface area contributed by atoms with Crippen molar-refractivity contribution in [2.24, 2.45) is 5.92 Å². The number of rotatable bonds is 11. The summed E-state index contributed by atoms with van der Waals surface area (Å²) in [6, 6.07) is 0. The normalized spacial score (nSPS) is 13.9. The predicted molar refractivity (Wildman–Crippen MR) is 67.4 cm³/mol. The van der Waals surface area contributed by atoms with Gasteiger partial charge in [0.1, 0.15) is 0 Å². The van der Waals surface area contributed by atoms with Crippen molar-refractivity contribution in [3.05, 3.63) is 0 Å². The van der Waals surface area contributed by atoms with E-state index in [1.54, 1.807) is 7.11 Å². The van der Waals surface area contributed by atoms with E-state index in [4.69, 9.17) is 4.74 Å². The number of methoxy groups -OCH3 is 1. The van der Waals surface area contributed by atoms with Gasteiger partial charge in [0.05, 0.1) is 0 Å². The Kier molecular flexibility index (Phi) is 9.74. The highest BCUT2D eigenvalue weighted by Gasteiger charge is 2.30. The largest absolute Gasteiger partial charge is 0.385 e. The summed E-state index contributed by atoms with van der Waals surface area (Å²) in [5, 5.41) is 27.6. The molecule has 0 aromatic rings. The molecule has 3 N–H and O–H groups in total. The molecule has 17 heavy (non-hydrogen) atoms. The second-order valence-electron chi connectivity index (χ2n) is 4.72. The molecule has 0 amide bonds. The van der Waals surface area contributed by atoms with Crippen LogP contribution in [0.4, 0.5) is 0 Å². The molecule has 4 heteroatoms. The monoisotopic (exact) mass is 248 g/mol. The first-order valence-corrected chi connectivity index (χ1v) is 6.68. The van der Waals surface area contributed by atoms with E-state index in [9.17, 15) is 15.3 Å². The highest BCUT2D eigenvalue weighted by atomic mass is 16.7. The van der Waals surface area contributed by atoms with Crippen molar-refractivity contribution in [2.45, 2.75) is 64.3 Å². The third-order valence-corrected chi connectivity index (χ3v) is 3.12. The molecule has 1 unspecified atom stereocenters. The molecule has 0 aliphatic rings. The van der Waals surface area contributed by atoms with E-state index in [1.807, 2.05) is 0 Å². The number of aliphatic hydroxyl groups is 3. The van der Waals surface area contributed by atoms with Crippen LogP contribution in [-0.2, 0) is 4.74 Å². The van der Waals surface area contributed by atoms with Crippen LogP contribution in [0.15, 0.2) is 0 Å². The van der Waals surface area contributed by atoms with Crippen LogP contribution in [0, 0.1) is 5.92 Å². The molecule has 0 saturated heterocycles. The van der Waals surface area contributed by atoms with Gasteiger partial charge in [0.25, 0.3) is 5.97 Å². The van der Waals surface area contributed by atoms with E-state index in [2.05, 4.69) is 6.92 Å². The standard InChI is InChI=1S/C13H28O4/c1-3-4-5-6-7-8-9-12(10-11-17-2)13(14,15)16/h12,14-16H,3-11H2,1-2H3. The van der Waals surface area contributed by atoms with Crippen molar-refractivity contribution in [1.82, 2.24) is 0 Å². The molecule has 0 fully saturated rings. The minimum absolute atomic E-state index is 0.434. The molecule has 0 aromatic heterocycles. The molecular weight excluding hydrogens is 220 g/mol. The number of ether oxygens (including phenoxy) is 1. The first kappa shape index (κ1) is 16.8. The van der Waals surface area contributed by atoms with Gasteiger partial charge in [-0.1, -0.05) is 45.4 Å². The molecular formula is C13H28O4. The third kappa shape index (κ3) is 9.53. The summed E-state index contributed by atoms with van der Waals surface area (Å²) in [5.74, 6) is -3.09. The zero-order valence-corrected chi connectivity index (χ0v) is 11.2. The van der Waals surface area contributed by atoms with Crippen LogP contribution in [0.1, 0.15) is 58.3 Å². The average Bonchev–Trinajstić information content (AvgIpc) is 2.25. The first-order chi connectivity index (χ1) is 8.02. The molecule has 0 bridgehead atoms. The maximum absolute atomic E-state index is 9.20. The number of unbranched alkanes of at least 4 members (excludes halogenated alkanes) is 5. The van der Waals surface area contributed by atoms with Crippen LogP contribution in [0.25, 0.3) is 0 Å². The van der Waals surface area contributed by atoms with Crippen LogP contribution in [0.2, 0.25) is 0 Å². The Morgan fingerprint density at radius 2 is 1.53 bits per heavy atom. The lowest BCUT2D eigenvalue weighted by Crippen LogP contribution is -2.38. The minimum atomic E-state index is -2.57. The molecule has 0 rings (SSSR count). The van der Waals surface area contributed by atoms with Crippen molar-refractivity contribution in [2.75, 3.05) is 13.7 Å². The maximum atomic E-state index is 9.20. The number of hydrogen-bond acceptors (Lipinski definition) is 4. The minimum Gasteiger partial charge on any atom is -0.385 e. The lowest BCUT2D eigenvalue weighted by Gasteiger charge is -2.25. The summed E-state index contributed by atoms with van der Waals surface area (Å²) < 4.78 is 4.89. The van der Waals surface area contributed by atoms with E-state index in [0.29, 0.717) is 19.4 Å². The fraction of sp³-hybridized carbons (Fsp3) is 1.00. The quantitative estimate of drug-likeness (QED) is 0.386. The average molecular weight is 248 g/mol. The molecule has 0 radical (unpaired) electrons. The van der Waals surface area contributed by atoms with Gasteiger partial charge >= 0.3 is 0 Å². The summed E-state index contributed by atoms with van der Waals surface area (Å²) in [7, 11) is 1.57. The second kappa shape index (κ2) is 9.83. The van der Waals surface area contributed by atoms with E-state index in [0.717, 1.165) is 12.8 Å². The molecule has 0 heterocycles. The molecule has 0 spiro atoms. The molecule has 1 atom stereocenters. The Labute approximate surface area is 105 Å². The van der Waals surface area contributed by atoms with Crippen LogP contribution in [0.5, 0.6) is 0 Å². The fourth-order valence-corrected chi connectivity index (χ4v) is 1.96. The zero-order chi connectivity index (χ0) is 13.1. The fourth-order valence-electron chi connectivity index (χ4n) is 1.96. The Morgan fingerprint density at radius 3 is 2.06 bits per heavy atom. The summed E-state index contributed by atoms with van der Waals surface area (Å²) in [4.78, 5) is 0. The van der Waals surface area contributed by atoms with Gasteiger partial charge in [0.2, 0.25) is 0 Å². The summed E-state index contributed by atoms with van der Waals surface area (Å²) in [5.41, 5.74) is 0. The van der Waals surface area contributed by atoms with E-state index in [1.165, 1.54) is 25.7 Å². The van der Waals surface area contributed by atoms with Crippen molar-refractivity contribution in [3.63, 3.8) is 0 Å². The third-order valence-electron chi connectivity index (χ3n) is 3.12. The lowest BCUT2D eigenvalue weighted by molar-refractivity contribution is -0.344. The van der Waals surface area contributed by atoms with Gasteiger partial charge in [-0.3, -0.25) is 0 Å². The summed E-state index contributed by atoms with van der Waals surface area (Å²) in [6.07, 6.45) is 8.00. The van der Waals surface area contributed by atoms with Gasteiger partial charge < -0.3 is 20.1 Å². The van der Waals surface area contributed by atoms with E-state index < -0.39 is 11.9 Å². The molecule has 4 nitrogen and oxygen atoms in total. The Morgan fingerprint density at radius 1 is 0.941 bits per heavy atom. The zero-order valence-electron chi connectivity index (χ0n) is 11.2. The Balaban J connectivity index is 3.69. The van der Waals surface area contributed by atoms with Gasteiger partial charge in [-0.05, 0) is 12.8 Å². The number of hydrogen-bond donors (Lipinski definition) is 3. The smallest absolute Gasteiger partial charge is 0.278 e. The molecule has 0 saturated carbocycles. The van der Waals surface area contributed by atoms with E-state index >= 15 is 0 Å². The maximum Gasteiger partial charge on any atom is 0.278 e. The molecule has 0 aliphatic carbocycles. The lowest BCUT2D eigenvalue weighted by atomic mass is 9.95. The first-order valence-electron chi connectivity index (χ1n) is 6.68. The summed E-state index contributed by atoms with van der Waals surface area (Å²) in [6.45, 7) is 2.61. The van der Waals surface area contributed by atoms with E-state index in [-0.39, 0.29) is 0 Å².